The summed E-state index contributed by atoms with van der Waals surface area (Å²) < 4.78 is 0. The van der Waals surface area contributed by atoms with Crippen molar-refractivity contribution in [3.05, 3.63) is 66.5 Å². The molecule has 1 aromatic carbocycles. The first kappa shape index (κ1) is 17.9. The van der Waals surface area contributed by atoms with Gasteiger partial charge in [-0.25, -0.2) is 0 Å². The summed E-state index contributed by atoms with van der Waals surface area (Å²) in [6.45, 7) is 0. The summed E-state index contributed by atoms with van der Waals surface area (Å²) >= 11 is 0. The van der Waals surface area contributed by atoms with Gasteiger partial charge in [0.25, 0.3) is 5.91 Å². The number of anilines is 2. The van der Waals surface area contributed by atoms with E-state index in [4.69, 9.17) is 0 Å². The van der Waals surface area contributed by atoms with E-state index in [-0.39, 0.29) is 11.8 Å². The lowest BCUT2D eigenvalue weighted by Crippen LogP contribution is -2.12. The maximum absolute atomic E-state index is 12.1. The Hall–Kier alpha value is -2.95. The van der Waals surface area contributed by atoms with Crippen LogP contribution in [0.25, 0.3) is 0 Å². The van der Waals surface area contributed by atoms with Crippen LogP contribution in [0.5, 0.6) is 0 Å². The molecule has 0 atom stereocenters. The van der Waals surface area contributed by atoms with E-state index >= 15 is 0 Å². The van der Waals surface area contributed by atoms with Gasteiger partial charge in [-0.2, -0.15) is 0 Å². The van der Waals surface area contributed by atoms with Gasteiger partial charge in [0.15, 0.2) is 0 Å². The SMILES string of the molecule is O=C(/C=C/C1CCCCC1)Nc1ccc(NC(=O)c2cccnc2)cc1. The van der Waals surface area contributed by atoms with Crippen LogP contribution in [0.2, 0.25) is 0 Å². The van der Waals surface area contributed by atoms with Crippen molar-refractivity contribution in [2.75, 3.05) is 10.6 Å². The van der Waals surface area contributed by atoms with Gasteiger partial charge in [0.2, 0.25) is 5.91 Å². The minimum atomic E-state index is -0.217. The molecule has 0 aliphatic heterocycles. The normalized spacial score (nSPS) is 14.9. The second-order valence-electron chi connectivity index (χ2n) is 6.52. The monoisotopic (exact) mass is 349 g/mol. The summed E-state index contributed by atoms with van der Waals surface area (Å²) in [7, 11) is 0. The van der Waals surface area contributed by atoms with Crippen molar-refractivity contribution in [3.8, 4) is 0 Å². The molecule has 5 heteroatoms. The highest BCUT2D eigenvalue weighted by Gasteiger charge is 2.10. The van der Waals surface area contributed by atoms with Crippen LogP contribution in [-0.2, 0) is 4.79 Å². The number of pyridine rings is 1. The highest BCUT2D eigenvalue weighted by molar-refractivity contribution is 6.04. The third-order valence-electron chi connectivity index (χ3n) is 4.50. The van der Waals surface area contributed by atoms with Crippen molar-refractivity contribution in [1.82, 2.24) is 4.98 Å². The van der Waals surface area contributed by atoms with Gasteiger partial charge in [-0.05, 0) is 61.2 Å². The van der Waals surface area contributed by atoms with Gasteiger partial charge >= 0.3 is 0 Å². The lowest BCUT2D eigenvalue weighted by molar-refractivity contribution is -0.111. The summed E-state index contributed by atoms with van der Waals surface area (Å²) in [5, 5.41) is 5.65. The highest BCUT2D eigenvalue weighted by atomic mass is 16.2. The van der Waals surface area contributed by atoms with Crippen molar-refractivity contribution in [2.24, 2.45) is 5.92 Å². The fourth-order valence-corrected chi connectivity index (χ4v) is 3.07. The van der Waals surface area contributed by atoms with Gasteiger partial charge in [0.1, 0.15) is 0 Å². The summed E-state index contributed by atoms with van der Waals surface area (Å²) in [6, 6.07) is 10.5. The van der Waals surface area contributed by atoms with Crippen LogP contribution in [0.15, 0.2) is 60.9 Å². The van der Waals surface area contributed by atoms with Gasteiger partial charge in [-0.1, -0.05) is 25.3 Å². The molecule has 1 heterocycles. The molecule has 0 bridgehead atoms. The number of aromatic nitrogens is 1. The van der Waals surface area contributed by atoms with Gasteiger partial charge in [0.05, 0.1) is 5.56 Å². The molecular weight excluding hydrogens is 326 g/mol. The Kier molecular flexibility index (Phi) is 6.14. The van der Waals surface area contributed by atoms with E-state index in [1.165, 1.54) is 38.3 Å². The smallest absolute Gasteiger partial charge is 0.257 e. The third kappa shape index (κ3) is 5.28. The molecule has 2 amide bonds. The van der Waals surface area contributed by atoms with Crippen molar-refractivity contribution >= 4 is 23.2 Å². The van der Waals surface area contributed by atoms with Crippen LogP contribution < -0.4 is 10.6 Å². The molecule has 1 saturated carbocycles. The van der Waals surface area contributed by atoms with Crippen molar-refractivity contribution in [1.29, 1.82) is 0 Å². The maximum Gasteiger partial charge on any atom is 0.257 e. The Bertz CT molecular complexity index is 764. The second kappa shape index (κ2) is 8.94. The lowest BCUT2D eigenvalue weighted by atomic mass is 9.89. The largest absolute Gasteiger partial charge is 0.323 e. The zero-order valence-electron chi connectivity index (χ0n) is 14.7. The van der Waals surface area contributed by atoms with Crippen LogP contribution in [0.1, 0.15) is 42.5 Å². The molecule has 0 unspecified atom stereocenters. The van der Waals surface area contributed by atoms with E-state index in [1.807, 2.05) is 6.08 Å². The van der Waals surface area contributed by atoms with Crippen molar-refractivity contribution in [2.45, 2.75) is 32.1 Å². The average Bonchev–Trinajstić information content (AvgIpc) is 2.69. The predicted molar refractivity (Wildman–Crippen MR) is 103 cm³/mol. The van der Waals surface area contributed by atoms with Gasteiger partial charge in [-0.3, -0.25) is 14.6 Å². The molecule has 1 fully saturated rings. The predicted octanol–water partition coefficient (Wildman–Crippen LogP) is 4.41. The standard InChI is InChI=1S/C21H23N3O2/c25-20(13-8-16-5-2-1-3-6-16)23-18-9-11-19(12-10-18)24-21(26)17-7-4-14-22-15-17/h4,7-16H,1-3,5-6H2,(H,23,25)(H,24,26)/b13-8+. The number of allylic oxidation sites excluding steroid dienone is 1. The maximum atomic E-state index is 12.1. The number of hydrogen-bond donors (Lipinski definition) is 2. The quantitative estimate of drug-likeness (QED) is 0.786. The zero-order valence-corrected chi connectivity index (χ0v) is 14.7. The van der Waals surface area contributed by atoms with E-state index in [0.717, 1.165) is 0 Å². The first-order chi connectivity index (χ1) is 12.7. The molecular formula is C21H23N3O2. The van der Waals surface area contributed by atoms with Gasteiger partial charge in [-0.15, -0.1) is 0 Å². The lowest BCUT2D eigenvalue weighted by Gasteiger charge is -2.17. The fraction of sp³-hybridized carbons (Fsp3) is 0.286. The summed E-state index contributed by atoms with van der Waals surface area (Å²) in [4.78, 5) is 28.0. The number of nitrogens with zero attached hydrogens (tertiary/aromatic N) is 1. The molecule has 1 aliphatic carbocycles. The molecule has 134 valence electrons. The minimum absolute atomic E-state index is 0.122. The third-order valence-corrected chi connectivity index (χ3v) is 4.50. The molecule has 0 spiro atoms. The van der Waals surface area contributed by atoms with Crippen LogP contribution in [0.4, 0.5) is 11.4 Å². The Labute approximate surface area is 153 Å². The summed E-state index contributed by atoms with van der Waals surface area (Å²) in [5.41, 5.74) is 1.86. The number of nitrogens with one attached hydrogen (secondary N) is 2. The Morgan fingerprint density at radius 2 is 1.65 bits per heavy atom. The van der Waals surface area contributed by atoms with E-state index < -0.39 is 0 Å². The number of carbonyl (C=O) groups excluding carboxylic acids is 2. The number of hydrogen-bond acceptors (Lipinski definition) is 3. The Morgan fingerprint density at radius 1 is 0.962 bits per heavy atom. The van der Waals surface area contributed by atoms with E-state index in [1.54, 1.807) is 48.7 Å². The Balaban J connectivity index is 1.51. The van der Waals surface area contributed by atoms with Crippen molar-refractivity contribution < 1.29 is 9.59 Å². The number of carbonyl (C=O) groups is 2. The van der Waals surface area contributed by atoms with Crippen LogP contribution in [-0.4, -0.2) is 16.8 Å². The minimum Gasteiger partial charge on any atom is -0.323 e. The van der Waals surface area contributed by atoms with Crippen LogP contribution in [0.3, 0.4) is 0 Å². The number of rotatable bonds is 5. The first-order valence-electron chi connectivity index (χ1n) is 9.01. The van der Waals surface area contributed by atoms with E-state index in [9.17, 15) is 9.59 Å². The average molecular weight is 349 g/mol. The van der Waals surface area contributed by atoms with Gasteiger partial charge < -0.3 is 10.6 Å². The van der Waals surface area contributed by atoms with E-state index in [2.05, 4.69) is 15.6 Å². The molecule has 5 nitrogen and oxygen atoms in total. The topological polar surface area (TPSA) is 71.1 Å². The molecule has 0 radical (unpaired) electrons. The molecule has 0 saturated heterocycles. The Morgan fingerprint density at radius 3 is 2.31 bits per heavy atom. The molecule has 2 aromatic rings. The fourth-order valence-electron chi connectivity index (χ4n) is 3.07. The number of benzene rings is 1. The molecule has 26 heavy (non-hydrogen) atoms. The first-order valence-corrected chi connectivity index (χ1v) is 9.01. The molecule has 2 N–H and O–H groups in total. The molecule has 1 aromatic heterocycles. The zero-order chi connectivity index (χ0) is 18.2. The van der Waals surface area contributed by atoms with Crippen LogP contribution in [0, 0.1) is 5.92 Å². The molecule has 3 rings (SSSR count). The molecule has 1 aliphatic rings. The number of amides is 2. The van der Waals surface area contributed by atoms with Crippen molar-refractivity contribution in [3.63, 3.8) is 0 Å². The summed E-state index contributed by atoms with van der Waals surface area (Å²) in [5.74, 6) is 0.188. The summed E-state index contributed by atoms with van der Waals surface area (Å²) in [6.07, 6.45) is 13.0. The van der Waals surface area contributed by atoms with Crippen LogP contribution >= 0.6 is 0 Å². The highest BCUT2D eigenvalue weighted by Crippen LogP contribution is 2.24. The van der Waals surface area contributed by atoms with E-state index in [0.29, 0.717) is 22.9 Å². The van der Waals surface area contributed by atoms with Gasteiger partial charge in [0, 0.05) is 23.8 Å². The second-order valence-corrected chi connectivity index (χ2v) is 6.52.